The molecule has 3 rings (SSSR count). The monoisotopic (exact) mass is 369 g/mol. The number of hydrogen-bond donors (Lipinski definition) is 2. The van der Waals surface area contributed by atoms with Crippen LogP contribution in [0.25, 0.3) is 0 Å². The molecule has 0 radical (unpaired) electrons. The smallest absolute Gasteiger partial charge is 0.326 e. The first-order valence-corrected chi connectivity index (χ1v) is 9.02. The van der Waals surface area contributed by atoms with Gasteiger partial charge in [0.15, 0.2) is 0 Å². The molecule has 142 valence electrons. The Hall–Kier alpha value is -2.86. The van der Waals surface area contributed by atoms with E-state index in [9.17, 15) is 14.7 Å². The van der Waals surface area contributed by atoms with E-state index in [1.807, 2.05) is 48.5 Å². The average Bonchev–Trinajstić information content (AvgIpc) is 3.22. The molecule has 1 saturated heterocycles. The molecule has 0 spiro atoms. The number of rotatable bonds is 8. The van der Waals surface area contributed by atoms with Gasteiger partial charge in [-0.3, -0.25) is 4.79 Å². The maximum atomic E-state index is 12.2. The summed E-state index contributed by atoms with van der Waals surface area (Å²) in [6.07, 6.45) is 1.07. The Morgan fingerprint density at radius 3 is 2.63 bits per heavy atom. The molecule has 0 saturated carbocycles. The minimum absolute atomic E-state index is 0.177. The molecule has 2 atom stereocenters. The molecule has 0 aromatic heterocycles. The zero-order valence-electron chi connectivity index (χ0n) is 15.0. The van der Waals surface area contributed by atoms with E-state index in [1.54, 1.807) is 6.07 Å². The van der Waals surface area contributed by atoms with Crippen molar-refractivity contribution in [1.29, 1.82) is 0 Å². The Kier molecular flexibility index (Phi) is 6.44. The van der Waals surface area contributed by atoms with Gasteiger partial charge < -0.3 is 19.9 Å². The Morgan fingerprint density at radius 1 is 1.15 bits per heavy atom. The van der Waals surface area contributed by atoms with Crippen LogP contribution in [0.15, 0.2) is 54.6 Å². The molecule has 6 heteroatoms. The summed E-state index contributed by atoms with van der Waals surface area (Å²) in [6.45, 7) is 0.971. The van der Waals surface area contributed by atoms with Crippen LogP contribution in [0.5, 0.6) is 5.75 Å². The van der Waals surface area contributed by atoms with E-state index in [-0.39, 0.29) is 12.3 Å². The summed E-state index contributed by atoms with van der Waals surface area (Å²) in [5.74, 6) is -0.778. The molecule has 1 heterocycles. The van der Waals surface area contributed by atoms with Crippen molar-refractivity contribution in [3.05, 3.63) is 65.7 Å². The fourth-order valence-electron chi connectivity index (χ4n) is 2.99. The van der Waals surface area contributed by atoms with E-state index < -0.39 is 18.1 Å². The largest absolute Gasteiger partial charge is 0.489 e. The van der Waals surface area contributed by atoms with Crippen LogP contribution in [0, 0.1) is 0 Å². The van der Waals surface area contributed by atoms with Gasteiger partial charge in [0.25, 0.3) is 0 Å². The molecule has 0 bridgehead atoms. The Bertz CT molecular complexity index is 771. The Labute approximate surface area is 158 Å². The topological polar surface area (TPSA) is 84.9 Å². The fraction of sp³-hybridized carbons (Fsp3) is 0.333. The second-order valence-corrected chi connectivity index (χ2v) is 6.53. The summed E-state index contributed by atoms with van der Waals surface area (Å²) in [6, 6.07) is 16.1. The predicted molar refractivity (Wildman–Crippen MR) is 99.5 cm³/mol. The molecular weight excluding hydrogens is 346 g/mol. The molecular formula is C21H23NO5. The highest BCUT2D eigenvalue weighted by Crippen LogP contribution is 2.17. The van der Waals surface area contributed by atoms with Gasteiger partial charge in [0, 0.05) is 13.0 Å². The fourth-order valence-corrected chi connectivity index (χ4v) is 2.99. The van der Waals surface area contributed by atoms with Gasteiger partial charge >= 0.3 is 5.97 Å². The van der Waals surface area contributed by atoms with E-state index >= 15 is 0 Å². The van der Waals surface area contributed by atoms with Crippen molar-refractivity contribution in [3.8, 4) is 5.75 Å². The van der Waals surface area contributed by atoms with Gasteiger partial charge in [-0.1, -0.05) is 42.5 Å². The quantitative estimate of drug-likeness (QED) is 0.747. The molecule has 1 amide bonds. The lowest BCUT2D eigenvalue weighted by atomic mass is 10.1. The lowest BCUT2D eigenvalue weighted by molar-refractivity contribution is -0.143. The van der Waals surface area contributed by atoms with Crippen LogP contribution >= 0.6 is 0 Å². The van der Waals surface area contributed by atoms with Gasteiger partial charge in [-0.15, -0.1) is 0 Å². The Morgan fingerprint density at radius 2 is 1.93 bits per heavy atom. The summed E-state index contributed by atoms with van der Waals surface area (Å²) >= 11 is 0. The van der Waals surface area contributed by atoms with E-state index in [4.69, 9.17) is 9.47 Å². The van der Waals surface area contributed by atoms with Gasteiger partial charge in [0.1, 0.15) is 24.5 Å². The summed E-state index contributed by atoms with van der Waals surface area (Å²) in [4.78, 5) is 23.7. The number of amides is 1. The van der Waals surface area contributed by atoms with Crippen molar-refractivity contribution in [3.63, 3.8) is 0 Å². The normalized spacial score (nSPS) is 17.3. The highest BCUT2D eigenvalue weighted by Gasteiger charge is 2.28. The summed E-state index contributed by atoms with van der Waals surface area (Å²) in [5.41, 5.74) is 1.83. The van der Waals surface area contributed by atoms with E-state index in [2.05, 4.69) is 5.32 Å². The van der Waals surface area contributed by atoms with Crippen molar-refractivity contribution >= 4 is 11.9 Å². The van der Waals surface area contributed by atoms with Crippen molar-refractivity contribution in [2.45, 2.75) is 38.0 Å². The van der Waals surface area contributed by atoms with Crippen LogP contribution in [0.4, 0.5) is 0 Å². The van der Waals surface area contributed by atoms with Crippen LogP contribution in [0.1, 0.15) is 24.0 Å². The van der Waals surface area contributed by atoms with Gasteiger partial charge in [0.2, 0.25) is 5.91 Å². The zero-order valence-corrected chi connectivity index (χ0v) is 15.0. The number of carboxylic acid groups (broad SMARTS) is 1. The van der Waals surface area contributed by atoms with E-state index in [1.165, 1.54) is 0 Å². The van der Waals surface area contributed by atoms with E-state index in [0.717, 1.165) is 17.5 Å². The lowest BCUT2D eigenvalue weighted by Crippen LogP contribution is -2.46. The third-order valence-corrected chi connectivity index (χ3v) is 4.42. The molecule has 27 heavy (non-hydrogen) atoms. The number of carboxylic acids is 1. The number of benzene rings is 2. The molecule has 1 aliphatic rings. The maximum Gasteiger partial charge on any atom is 0.326 e. The molecule has 0 unspecified atom stereocenters. The highest BCUT2D eigenvalue weighted by molar-refractivity contribution is 5.86. The number of nitrogens with one attached hydrogen (secondary N) is 1. The van der Waals surface area contributed by atoms with Crippen LogP contribution in [-0.2, 0) is 27.4 Å². The maximum absolute atomic E-state index is 12.2. The standard InChI is InChI=1S/C21H23NO5/c23-20(19-10-5-11-26-19)22-18(21(24)25)13-16-8-4-9-17(12-16)27-14-15-6-2-1-3-7-15/h1-4,6-9,12,18-19H,5,10-11,13-14H2,(H,22,23)(H,24,25)/t18-,19+/m0/s1. The number of aliphatic carboxylic acids is 1. The molecule has 2 N–H and O–H groups in total. The highest BCUT2D eigenvalue weighted by atomic mass is 16.5. The van der Waals surface area contributed by atoms with Crippen LogP contribution in [0.3, 0.4) is 0 Å². The zero-order chi connectivity index (χ0) is 19.1. The molecule has 2 aromatic rings. The van der Waals surface area contributed by atoms with Crippen molar-refractivity contribution in [2.75, 3.05) is 6.61 Å². The number of carbonyl (C=O) groups excluding carboxylic acids is 1. The summed E-state index contributed by atoms with van der Waals surface area (Å²) < 4.78 is 11.1. The van der Waals surface area contributed by atoms with Crippen molar-refractivity contribution in [1.82, 2.24) is 5.32 Å². The summed E-state index contributed by atoms with van der Waals surface area (Å²) in [7, 11) is 0. The first-order chi connectivity index (χ1) is 13.1. The number of ether oxygens (including phenoxy) is 2. The predicted octanol–water partition coefficient (Wildman–Crippen LogP) is 2.56. The number of carbonyl (C=O) groups is 2. The molecule has 1 fully saturated rings. The third kappa shape index (κ3) is 5.56. The number of hydrogen-bond acceptors (Lipinski definition) is 4. The molecule has 6 nitrogen and oxygen atoms in total. The van der Waals surface area contributed by atoms with Crippen LogP contribution < -0.4 is 10.1 Å². The molecule has 0 aliphatic carbocycles. The van der Waals surface area contributed by atoms with Gasteiger partial charge in [-0.2, -0.15) is 0 Å². The minimum atomic E-state index is -1.07. The molecule has 2 aromatic carbocycles. The first-order valence-electron chi connectivity index (χ1n) is 9.02. The van der Waals surface area contributed by atoms with Crippen LogP contribution in [0.2, 0.25) is 0 Å². The van der Waals surface area contributed by atoms with E-state index in [0.29, 0.717) is 25.4 Å². The third-order valence-electron chi connectivity index (χ3n) is 4.42. The average molecular weight is 369 g/mol. The first kappa shape index (κ1) is 18.9. The lowest BCUT2D eigenvalue weighted by Gasteiger charge is -2.17. The minimum Gasteiger partial charge on any atom is -0.489 e. The van der Waals surface area contributed by atoms with Gasteiger partial charge in [-0.05, 0) is 36.1 Å². The van der Waals surface area contributed by atoms with Crippen molar-refractivity contribution < 1.29 is 24.2 Å². The Balaban J connectivity index is 1.60. The second kappa shape index (κ2) is 9.19. The SMILES string of the molecule is O=C(O)[C@H](Cc1cccc(OCc2ccccc2)c1)NC(=O)[C@H]1CCCO1. The summed E-state index contributed by atoms with van der Waals surface area (Å²) in [5, 5.41) is 12.0. The van der Waals surface area contributed by atoms with Crippen LogP contribution in [-0.4, -0.2) is 35.7 Å². The molecule has 1 aliphatic heterocycles. The van der Waals surface area contributed by atoms with Crippen molar-refractivity contribution in [2.24, 2.45) is 0 Å². The van der Waals surface area contributed by atoms with Gasteiger partial charge in [-0.25, -0.2) is 4.79 Å². The van der Waals surface area contributed by atoms with Gasteiger partial charge in [0.05, 0.1) is 0 Å². The second-order valence-electron chi connectivity index (χ2n) is 6.53.